The van der Waals surface area contributed by atoms with Gasteiger partial charge in [-0.15, -0.1) is 24.0 Å². The van der Waals surface area contributed by atoms with E-state index in [2.05, 4.69) is 21.7 Å². The van der Waals surface area contributed by atoms with Crippen molar-refractivity contribution < 1.29 is 4.74 Å². The van der Waals surface area contributed by atoms with Crippen molar-refractivity contribution in [2.75, 3.05) is 13.2 Å². The van der Waals surface area contributed by atoms with Gasteiger partial charge in [0, 0.05) is 18.7 Å². The smallest absolute Gasteiger partial charge is 0.191 e. The summed E-state index contributed by atoms with van der Waals surface area (Å²) in [6.45, 7) is 6.63. The maximum absolute atomic E-state index is 8.85. The van der Waals surface area contributed by atoms with Gasteiger partial charge in [-0.1, -0.05) is 30.3 Å². The van der Waals surface area contributed by atoms with Crippen LogP contribution in [0.3, 0.4) is 0 Å². The molecule has 2 rings (SSSR count). The number of nitrogens with one attached hydrogen (secondary N) is 2. The van der Waals surface area contributed by atoms with Gasteiger partial charge >= 0.3 is 0 Å². The van der Waals surface area contributed by atoms with Crippen LogP contribution in [0.4, 0.5) is 0 Å². The van der Waals surface area contributed by atoms with E-state index < -0.39 is 0 Å². The van der Waals surface area contributed by atoms with Gasteiger partial charge in [-0.3, -0.25) is 0 Å². The van der Waals surface area contributed by atoms with Crippen LogP contribution >= 0.6 is 24.0 Å². The standard InChI is InChI=1S/C20H24N4O.HI/c1-3-22-20(23-14-17-11-9-16(13-21)10-12-17)24-15-18-7-5-6-8-19(18)25-4-2;/h5-12H,3-4,14-15H2,1-2H3,(H2,22,23,24);1H. The van der Waals surface area contributed by atoms with Crippen LogP contribution in [0.1, 0.15) is 30.5 Å². The van der Waals surface area contributed by atoms with Crippen molar-refractivity contribution in [1.29, 1.82) is 5.26 Å². The molecule has 0 saturated carbocycles. The van der Waals surface area contributed by atoms with E-state index in [1.54, 1.807) is 0 Å². The quantitative estimate of drug-likeness (QED) is 0.371. The van der Waals surface area contributed by atoms with Gasteiger partial charge in [0.05, 0.1) is 24.8 Å². The fourth-order valence-corrected chi connectivity index (χ4v) is 2.32. The predicted molar refractivity (Wildman–Crippen MR) is 116 cm³/mol. The first-order chi connectivity index (χ1) is 12.3. The minimum absolute atomic E-state index is 0. The normalized spacial score (nSPS) is 10.4. The van der Waals surface area contributed by atoms with Crippen molar-refractivity contribution >= 4 is 29.9 Å². The molecule has 0 fully saturated rings. The largest absolute Gasteiger partial charge is 0.494 e. The number of ether oxygens (including phenoxy) is 1. The maximum atomic E-state index is 8.85. The van der Waals surface area contributed by atoms with Crippen molar-refractivity contribution in [2.45, 2.75) is 26.9 Å². The Hall–Kier alpha value is -2.27. The average Bonchev–Trinajstić information content (AvgIpc) is 2.65. The van der Waals surface area contributed by atoms with Gasteiger partial charge in [-0.25, -0.2) is 4.99 Å². The molecule has 0 aliphatic heterocycles. The highest BCUT2D eigenvalue weighted by atomic mass is 127. The van der Waals surface area contributed by atoms with E-state index in [9.17, 15) is 0 Å². The molecule has 0 spiro atoms. The Morgan fingerprint density at radius 3 is 2.46 bits per heavy atom. The lowest BCUT2D eigenvalue weighted by atomic mass is 10.1. The van der Waals surface area contributed by atoms with E-state index in [1.165, 1.54) is 0 Å². The van der Waals surface area contributed by atoms with E-state index in [0.717, 1.165) is 29.4 Å². The van der Waals surface area contributed by atoms with E-state index in [1.807, 2.05) is 62.4 Å². The molecule has 138 valence electrons. The molecular weight excluding hydrogens is 439 g/mol. The lowest BCUT2D eigenvalue weighted by Gasteiger charge is -2.14. The van der Waals surface area contributed by atoms with Gasteiger partial charge in [0.2, 0.25) is 0 Å². The number of benzene rings is 2. The molecule has 6 heteroatoms. The molecule has 0 atom stereocenters. The van der Waals surface area contributed by atoms with Crippen molar-refractivity contribution in [2.24, 2.45) is 4.99 Å². The third-order valence-electron chi connectivity index (χ3n) is 3.57. The second kappa shape index (κ2) is 12.1. The van der Waals surface area contributed by atoms with E-state index in [0.29, 0.717) is 25.3 Å². The summed E-state index contributed by atoms with van der Waals surface area (Å²) in [5.74, 6) is 1.64. The Morgan fingerprint density at radius 1 is 1.08 bits per heavy atom. The number of hydrogen-bond donors (Lipinski definition) is 2. The van der Waals surface area contributed by atoms with Gasteiger partial charge in [-0.2, -0.15) is 5.26 Å². The van der Waals surface area contributed by atoms with Crippen molar-refractivity contribution in [3.8, 4) is 11.8 Å². The Bertz CT molecular complexity index is 738. The van der Waals surface area contributed by atoms with Crippen LogP contribution in [0, 0.1) is 11.3 Å². The van der Waals surface area contributed by atoms with Crippen LogP contribution in [0.5, 0.6) is 5.75 Å². The van der Waals surface area contributed by atoms with Gasteiger partial charge in [0.1, 0.15) is 5.75 Å². The number of para-hydroxylation sites is 1. The molecule has 2 aromatic rings. The zero-order valence-corrected chi connectivity index (χ0v) is 17.5. The second-order valence-corrected chi connectivity index (χ2v) is 5.40. The number of nitrogens with zero attached hydrogens (tertiary/aromatic N) is 2. The lowest BCUT2D eigenvalue weighted by molar-refractivity contribution is 0.336. The van der Waals surface area contributed by atoms with Crippen molar-refractivity contribution in [1.82, 2.24) is 10.6 Å². The molecule has 2 aromatic carbocycles. The number of hydrogen-bond acceptors (Lipinski definition) is 3. The van der Waals surface area contributed by atoms with E-state index in [4.69, 9.17) is 10.00 Å². The van der Waals surface area contributed by atoms with Crippen LogP contribution in [-0.4, -0.2) is 19.1 Å². The summed E-state index contributed by atoms with van der Waals surface area (Å²) >= 11 is 0. The highest BCUT2D eigenvalue weighted by molar-refractivity contribution is 14.0. The van der Waals surface area contributed by atoms with Crippen LogP contribution in [-0.2, 0) is 13.1 Å². The van der Waals surface area contributed by atoms with Crippen LogP contribution in [0.2, 0.25) is 0 Å². The molecule has 0 aromatic heterocycles. The van der Waals surface area contributed by atoms with E-state index >= 15 is 0 Å². The van der Waals surface area contributed by atoms with Crippen LogP contribution in [0.25, 0.3) is 0 Å². The number of nitriles is 1. The number of guanidine groups is 1. The Kier molecular flexibility index (Phi) is 10.2. The number of rotatable bonds is 7. The Balaban J connectivity index is 0.00000338. The van der Waals surface area contributed by atoms with Crippen molar-refractivity contribution in [3.63, 3.8) is 0 Å². The SMILES string of the molecule is CCNC(=NCc1ccc(C#N)cc1)NCc1ccccc1OCC.I. The molecule has 2 N–H and O–H groups in total. The topological polar surface area (TPSA) is 69.4 Å². The summed E-state index contributed by atoms with van der Waals surface area (Å²) in [6, 6.07) is 17.6. The maximum Gasteiger partial charge on any atom is 0.191 e. The molecule has 0 bridgehead atoms. The summed E-state index contributed by atoms with van der Waals surface area (Å²) < 4.78 is 5.65. The minimum Gasteiger partial charge on any atom is -0.494 e. The first kappa shape index (κ1) is 21.8. The molecule has 26 heavy (non-hydrogen) atoms. The predicted octanol–water partition coefficient (Wildman–Crippen LogP) is 3.83. The molecule has 0 aliphatic rings. The molecule has 0 saturated heterocycles. The molecule has 0 unspecified atom stereocenters. The highest BCUT2D eigenvalue weighted by Gasteiger charge is 2.04. The average molecular weight is 464 g/mol. The zero-order chi connectivity index (χ0) is 17.9. The third kappa shape index (κ3) is 6.92. The van der Waals surface area contributed by atoms with Gasteiger partial charge in [0.25, 0.3) is 0 Å². The molecule has 0 radical (unpaired) electrons. The lowest BCUT2D eigenvalue weighted by Crippen LogP contribution is -2.36. The fourth-order valence-electron chi connectivity index (χ4n) is 2.32. The molecular formula is C20H25IN4O. The van der Waals surface area contributed by atoms with Gasteiger partial charge in [0.15, 0.2) is 5.96 Å². The first-order valence-corrected chi connectivity index (χ1v) is 8.48. The first-order valence-electron chi connectivity index (χ1n) is 8.48. The Labute approximate surface area is 172 Å². The molecule has 0 heterocycles. The number of aliphatic imine (C=N–C) groups is 1. The fraction of sp³-hybridized carbons (Fsp3) is 0.300. The highest BCUT2D eigenvalue weighted by Crippen LogP contribution is 2.17. The molecule has 0 aliphatic carbocycles. The van der Waals surface area contributed by atoms with Crippen molar-refractivity contribution in [3.05, 3.63) is 65.2 Å². The molecule has 5 nitrogen and oxygen atoms in total. The van der Waals surface area contributed by atoms with Gasteiger partial charge < -0.3 is 15.4 Å². The minimum atomic E-state index is 0. The third-order valence-corrected chi connectivity index (χ3v) is 3.57. The summed E-state index contributed by atoms with van der Waals surface area (Å²) in [5.41, 5.74) is 2.81. The summed E-state index contributed by atoms with van der Waals surface area (Å²) in [5, 5.41) is 15.4. The Morgan fingerprint density at radius 2 is 1.81 bits per heavy atom. The molecule has 0 amide bonds. The number of halogens is 1. The monoisotopic (exact) mass is 464 g/mol. The summed E-state index contributed by atoms with van der Waals surface area (Å²) in [4.78, 5) is 4.60. The second-order valence-electron chi connectivity index (χ2n) is 5.40. The summed E-state index contributed by atoms with van der Waals surface area (Å²) in [6.07, 6.45) is 0. The van der Waals surface area contributed by atoms with E-state index in [-0.39, 0.29) is 24.0 Å². The van der Waals surface area contributed by atoms with Crippen LogP contribution in [0.15, 0.2) is 53.5 Å². The van der Waals surface area contributed by atoms with Crippen LogP contribution < -0.4 is 15.4 Å². The van der Waals surface area contributed by atoms with Gasteiger partial charge in [-0.05, 0) is 37.6 Å². The zero-order valence-electron chi connectivity index (χ0n) is 15.2. The summed E-state index contributed by atoms with van der Waals surface area (Å²) in [7, 11) is 0.